The highest BCUT2D eigenvalue weighted by atomic mass is 19.1. The van der Waals surface area contributed by atoms with Crippen molar-refractivity contribution in [3.8, 4) is 0 Å². The first kappa shape index (κ1) is 16.3. The minimum absolute atomic E-state index is 0.208. The van der Waals surface area contributed by atoms with Gasteiger partial charge in [-0.25, -0.2) is 9.18 Å². The quantitative estimate of drug-likeness (QED) is 0.753. The van der Waals surface area contributed by atoms with Gasteiger partial charge in [-0.2, -0.15) is 0 Å². The zero-order valence-electron chi connectivity index (χ0n) is 12.6. The van der Waals surface area contributed by atoms with Crippen LogP contribution in [0.1, 0.15) is 24.8 Å². The summed E-state index contributed by atoms with van der Waals surface area (Å²) in [5.74, 6) is -0.0574. The lowest BCUT2D eigenvalue weighted by Gasteiger charge is -2.15. The summed E-state index contributed by atoms with van der Waals surface area (Å²) >= 11 is 0. The predicted octanol–water partition coefficient (Wildman–Crippen LogP) is 1.68. The summed E-state index contributed by atoms with van der Waals surface area (Å²) < 4.78 is 13.0. The molecule has 22 heavy (non-hydrogen) atoms. The third kappa shape index (κ3) is 5.35. The summed E-state index contributed by atoms with van der Waals surface area (Å²) in [6.07, 6.45) is 2.93. The molecule has 1 saturated heterocycles. The molecule has 3 amide bonds. The van der Waals surface area contributed by atoms with Crippen LogP contribution in [0.15, 0.2) is 24.3 Å². The number of carbonyl (C=O) groups is 2. The number of nitrogens with zero attached hydrogens (tertiary/aromatic N) is 1. The topological polar surface area (TPSA) is 61.4 Å². The number of likely N-dealkylation sites (tertiary alicyclic amines) is 1. The Morgan fingerprint density at radius 1 is 1.27 bits per heavy atom. The van der Waals surface area contributed by atoms with Crippen LogP contribution in [0.5, 0.6) is 0 Å². The summed E-state index contributed by atoms with van der Waals surface area (Å²) in [6.45, 7) is 2.52. The third-order valence-electron chi connectivity index (χ3n) is 3.65. The van der Waals surface area contributed by atoms with Crippen LogP contribution in [-0.2, 0) is 11.2 Å². The third-order valence-corrected chi connectivity index (χ3v) is 3.65. The van der Waals surface area contributed by atoms with Gasteiger partial charge >= 0.3 is 6.03 Å². The highest BCUT2D eigenvalue weighted by molar-refractivity contribution is 5.78. The van der Waals surface area contributed by atoms with Crippen molar-refractivity contribution in [2.75, 3.05) is 26.2 Å². The van der Waals surface area contributed by atoms with E-state index in [1.54, 1.807) is 6.07 Å². The number of hydrogen-bond donors (Lipinski definition) is 2. The molecule has 0 unspecified atom stereocenters. The van der Waals surface area contributed by atoms with Crippen LogP contribution in [0, 0.1) is 5.82 Å². The highest BCUT2D eigenvalue weighted by Crippen LogP contribution is 2.09. The zero-order chi connectivity index (χ0) is 15.8. The zero-order valence-corrected chi connectivity index (χ0v) is 12.6. The minimum atomic E-state index is -0.265. The van der Waals surface area contributed by atoms with Crippen molar-refractivity contribution in [3.63, 3.8) is 0 Å². The molecule has 0 spiro atoms. The van der Waals surface area contributed by atoms with Gasteiger partial charge < -0.3 is 15.5 Å². The summed E-state index contributed by atoms with van der Waals surface area (Å²) in [6, 6.07) is 6.12. The number of hydrogen-bond acceptors (Lipinski definition) is 2. The van der Waals surface area contributed by atoms with Crippen molar-refractivity contribution < 1.29 is 14.0 Å². The Hall–Kier alpha value is -2.11. The van der Waals surface area contributed by atoms with Gasteiger partial charge in [0.15, 0.2) is 0 Å². The van der Waals surface area contributed by atoms with Gasteiger partial charge in [-0.3, -0.25) is 4.79 Å². The van der Waals surface area contributed by atoms with Gasteiger partial charge in [0.25, 0.3) is 0 Å². The van der Waals surface area contributed by atoms with E-state index in [2.05, 4.69) is 10.6 Å². The SMILES string of the molecule is O=C(NCCCN1CCCC1=O)NCCc1cccc(F)c1. The monoisotopic (exact) mass is 307 g/mol. The van der Waals surface area contributed by atoms with Crippen LogP contribution < -0.4 is 10.6 Å². The highest BCUT2D eigenvalue weighted by Gasteiger charge is 2.18. The van der Waals surface area contributed by atoms with Crippen LogP contribution in [0.3, 0.4) is 0 Å². The molecule has 0 radical (unpaired) electrons. The maximum absolute atomic E-state index is 13.0. The van der Waals surface area contributed by atoms with E-state index in [9.17, 15) is 14.0 Å². The van der Waals surface area contributed by atoms with E-state index in [-0.39, 0.29) is 17.8 Å². The maximum atomic E-state index is 13.0. The Balaban J connectivity index is 1.53. The van der Waals surface area contributed by atoms with E-state index in [0.717, 1.165) is 24.9 Å². The normalized spacial score (nSPS) is 14.2. The lowest BCUT2D eigenvalue weighted by molar-refractivity contribution is -0.127. The van der Waals surface area contributed by atoms with Crippen molar-refractivity contribution in [2.45, 2.75) is 25.7 Å². The number of nitrogens with one attached hydrogen (secondary N) is 2. The second-order valence-electron chi connectivity index (χ2n) is 5.40. The molecule has 2 N–H and O–H groups in total. The fourth-order valence-corrected chi connectivity index (χ4v) is 2.49. The predicted molar refractivity (Wildman–Crippen MR) is 81.9 cm³/mol. The van der Waals surface area contributed by atoms with Gasteiger partial charge in [0, 0.05) is 32.6 Å². The average molecular weight is 307 g/mol. The molecule has 0 bridgehead atoms. The molecule has 1 heterocycles. The molecular formula is C16H22FN3O2. The molecule has 0 aliphatic carbocycles. The Bertz CT molecular complexity index is 522. The molecule has 1 fully saturated rings. The number of amides is 3. The molecule has 1 aromatic carbocycles. The van der Waals surface area contributed by atoms with Gasteiger partial charge in [0.05, 0.1) is 0 Å². The second-order valence-corrected chi connectivity index (χ2v) is 5.40. The standard InChI is InChI=1S/C16H22FN3O2/c17-14-5-1-4-13(12-14)7-9-19-16(22)18-8-3-11-20-10-2-6-15(20)21/h1,4-5,12H,2-3,6-11H2,(H2,18,19,22). The Morgan fingerprint density at radius 2 is 2.09 bits per heavy atom. The van der Waals surface area contributed by atoms with Crippen molar-refractivity contribution >= 4 is 11.9 Å². The smallest absolute Gasteiger partial charge is 0.314 e. The van der Waals surface area contributed by atoms with E-state index in [1.165, 1.54) is 12.1 Å². The van der Waals surface area contributed by atoms with Gasteiger partial charge in [-0.05, 0) is 37.0 Å². The first-order valence-corrected chi connectivity index (χ1v) is 7.69. The summed E-state index contributed by atoms with van der Waals surface area (Å²) in [7, 11) is 0. The van der Waals surface area contributed by atoms with E-state index in [0.29, 0.717) is 32.5 Å². The van der Waals surface area contributed by atoms with E-state index < -0.39 is 0 Å². The van der Waals surface area contributed by atoms with Crippen molar-refractivity contribution in [2.24, 2.45) is 0 Å². The average Bonchev–Trinajstić information content (AvgIpc) is 2.89. The van der Waals surface area contributed by atoms with Gasteiger partial charge in [-0.1, -0.05) is 12.1 Å². The molecule has 120 valence electrons. The number of halogens is 1. The molecular weight excluding hydrogens is 285 g/mol. The Morgan fingerprint density at radius 3 is 2.82 bits per heavy atom. The number of carbonyl (C=O) groups excluding carboxylic acids is 2. The van der Waals surface area contributed by atoms with Crippen LogP contribution in [0.25, 0.3) is 0 Å². The number of rotatable bonds is 7. The fraction of sp³-hybridized carbons (Fsp3) is 0.500. The maximum Gasteiger partial charge on any atom is 0.314 e. The first-order chi connectivity index (χ1) is 10.6. The van der Waals surface area contributed by atoms with Gasteiger partial charge in [0.1, 0.15) is 5.82 Å². The van der Waals surface area contributed by atoms with Crippen LogP contribution in [0.2, 0.25) is 0 Å². The molecule has 0 aromatic heterocycles. The summed E-state index contributed by atoms with van der Waals surface area (Å²) in [4.78, 5) is 24.8. The fourth-order valence-electron chi connectivity index (χ4n) is 2.49. The molecule has 1 aliphatic rings. The molecule has 0 saturated carbocycles. The van der Waals surface area contributed by atoms with Crippen molar-refractivity contribution in [3.05, 3.63) is 35.6 Å². The molecule has 5 nitrogen and oxygen atoms in total. The van der Waals surface area contributed by atoms with E-state index in [4.69, 9.17) is 0 Å². The lowest BCUT2D eigenvalue weighted by Crippen LogP contribution is -2.38. The van der Waals surface area contributed by atoms with Crippen molar-refractivity contribution in [1.82, 2.24) is 15.5 Å². The summed E-state index contributed by atoms with van der Waals surface area (Å²) in [5, 5.41) is 5.49. The molecule has 2 rings (SSSR count). The minimum Gasteiger partial charge on any atom is -0.343 e. The Kier molecular flexibility index (Phi) is 6.18. The van der Waals surface area contributed by atoms with Gasteiger partial charge in [0.2, 0.25) is 5.91 Å². The number of benzene rings is 1. The molecule has 1 aliphatic heterocycles. The van der Waals surface area contributed by atoms with E-state index >= 15 is 0 Å². The van der Waals surface area contributed by atoms with Crippen molar-refractivity contribution in [1.29, 1.82) is 0 Å². The molecule has 1 aromatic rings. The Labute approximate surface area is 129 Å². The lowest BCUT2D eigenvalue weighted by atomic mass is 10.1. The summed E-state index contributed by atoms with van der Waals surface area (Å²) in [5.41, 5.74) is 0.854. The van der Waals surface area contributed by atoms with Crippen LogP contribution in [0.4, 0.5) is 9.18 Å². The van der Waals surface area contributed by atoms with Crippen LogP contribution in [-0.4, -0.2) is 43.0 Å². The van der Waals surface area contributed by atoms with Gasteiger partial charge in [-0.15, -0.1) is 0 Å². The van der Waals surface area contributed by atoms with Crippen LogP contribution >= 0.6 is 0 Å². The molecule has 6 heteroatoms. The first-order valence-electron chi connectivity index (χ1n) is 7.69. The molecule has 0 atom stereocenters. The largest absolute Gasteiger partial charge is 0.343 e. The second kappa shape index (κ2) is 8.36. The van der Waals surface area contributed by atoms with E-state index in [1.807, 2.05) is 11.0 Å². The number of urea groups is 1.